The molecule has 1 aliphatic rings. The van der Waals surface area contributed by atoms with E-state index in [1.165, 1.54) is 21.1 Å². The van der Waals surface area contributed by atoms with Crippen molar-refractivity contribution in [3.8, 4) is 23.0 Å². The number of fused-ring (bicyclic) bond motifs is 1. The van der Waals surface area contributed by atoms with Gasteiger partial charge in [0, 0.05) is 11.8 Å². The van der Waals surface area contributed by atoms with E-state index in [1.54, 1.807) is 36.4 Å². The Morgan fingerprint density at radius 3 is 2.37 bits per heavy atom. The van der Waals surface area contributed by atoms with Crippen LogP contribution >= 0.6 is 0 Å². The number of anilines is 1. The van der Waals surface area contributed by atoms with Gasteiger partial charge in [-0.3, -0.25) is 4.79 Å². The van der Waals surface area contributed by atoms with Crippen LogP contribution in [0.4, 0.5) is 5.69 Å². The van der Waals surface area contributed by atoms with Crippen molar-refractivity contribution >= 4 is 17.6 Å². The van der Waals surface area contributed by atoms with Crippen molar-refractivity contribution in [1.29, 1.82) is 0 Å². The van der Waals surface area contributed by atoms with Crippen molar-refractivity contribution in [3.63, 3.8) is 0 Å². The van der Waals surface area contributed by atoms with Crippen molar-refractivity contribution in [2.24, 2.45) is 0 Å². The molecule has 1 atom stereocenters. The number of carbonyl (C=O) groups is 2. The van der Waals surface area contributed by atoms with E-state index in [0.29, 0.717) is 28.7 Å². The maximum Gasteiger partial charge on any atom is 0.346 e. The number of esters is 1. The molecule has 0 saturated heterocycles. The van der Waals surface area contributed by atoms with Gasteiger partial charge < -0.3 is 29.0 Å². The molecule has 8 nitrogen and oxygen atoms in total. The van der Waals surface area contributed by atoms with Gasteiger partial charge in [0.15, 0.2) is 17.6 Å². The predicted molar refractivity (Wildman–Crippen MR) is 95.6 cm³/mol. The van der Waals surface area contributed by atoms with E-state index in [2.05, 4.69) is 5.32 Å². The van der Waals surface area contributed by atoms with Crippen LogP contribution in [0.2, 0.25) is 0 Å². The minimum absolute atomic E-state index is 0.116. The van der Waals surface area contributed by atoms with Gasteiger partial charge in [-0.05, 0) is 31.2 Å². The third-order valence-electron chi connectivity index (χ3n) is 3.93. The molecule has 0 radical (unpaired) electrons. The number of benzene rings is 2. The van der Waals surface area contributed by atoms with Crippen molar-refractivity contribution in [2.75, 3.05) is 26.3 Å². The summed E-state index contributed by atoms with van der Waals surface area (Å²) in [5.41, 5.74) is 0.618. The molecule has 2 aromatic rings. The zero-order chi connectivity index (χ0) is 19.4. The van der Waals surface area contributed by atoms with Crippen LogP contribution in [0, 0.1) is 0 Å². The van der Waals surface area contributed by atoms with Crippen LogP contribution in [0.3, 0.4) is 0 Å². The normalized spacial score (nSPS) is 12.9. The summed E-state index contributed by atoms with van der Waals surface area (Å²) in [6.45, 7) is 1.61. The maximum atomic E-state index is 12.5. The van der Waals surface area contributed by atoms with Crippen molar-refractivity contribution in [3.05, 3.63) is 42.0 Å². The quantitative estimate of drug-likeness (QED) is 0.778. The molecular formula is C19H19NO7. The molecular weight excluding hydrogens is 354 g/mol. The Labute approximate surface area is 155 Å². The Bertz CT molecular complexity index is 843. The SMILES string of the molecule is COc1cccc(OC)c1C(=O)O[C@H](C)C(=O)Nc1ccc2c(c1)OCO2. The van der Waals surface area contributed by atoms with Gasteiger partial charge in [0.25, 0.3) is 5.91 Å². The molecule has 1 aliphatic heterocycles. The second-order valence-electron chi connectivity index (χ2n) is 5.64. The zero-order valence-electron chi connectivity index (χ0n) is 15.1. The summed E-state index contributed by atoms with van der Waals surface area (Å²) >= 11 is 0. The molecule has 0 aliphatic carbocycles. The lowest BCUT2D eigenvalue weighted by Gasteiger charge is -2.16. The molecule has 0 bridgehead atoms. The number of nitrogens with one attached hydrogen (secondary N) is 1. The number of carbonyl (C=O) groups excluding carboxylic acids is 2. The van der Waals surface area contributed by atoms with Gasteiger partial charge in [0.2, 0.25) is 6.79 Å². The molecule has 3 rings (SSSR count). The van der Waals surface area contributed by atoms with Gasteiger partial charge in [-0.25, -0.2) is 4.79 Å². The third kappa shape index (κ3) is 3.89. The Balaban J connectivity index is 1.69. The lowest BCUT2D eigenvalue weighted by molar-refractivity contribution is -0.123. The summed E-state index contributed by atoms with van der Waals surface area (Å²) in [4.78, 5) is 24.9. The first-order valence-corrected chi connectivity index (χ1v) is 8.16. The highest BCUT2D eigenvalue weighted by Gasteiger charge is 2.25. The van der Waals surface area contributed by atoms with Crippen LogP contribution in [-0.2, 0) is 9.53 Å². The number of ether oxygens (including phenoxy) is 5. The highest BCUT2D eigenvalue weighted by Crippen LogP contribution is 2.34. The van der Waals surface area contributed by atoms with Gasteiger partial charge in [-0.15, -0.1) is 0 Å². The fourth-order valence-corrected chi connectivity index (χ4v) is 2.54. The summed E-state index contributed by atoms with van der Waals surface area (Å²) in [6.07, 6.45) is -1.04. The lowest BCUT2D eigenvalue weighted by atomic mass is 10.1. The van der Waals surface area contributed by atoms with Gasteiger partial charge in [-0.2, -0.15) is 0 Å². The monoisotopic (exact) mass is 373 g/mol. The Hall–Kier alpha value is -3.42. The summed E-state index contributed by atoms with van der Waals surface area (Å²) in [5.74, 6) is 0.520. The first kappa shape index (κ1) is 18.4. The number of amides is 1. The van der Waals surface area contributed by atoms with Crippen molar-refractivity contribution < 1.29 is 33.3 Å². The molecule has 27 heavy (non-hydrogen) atoms. The zero-order valence-corrected chi connectivity index (χ0v) is 15.1. The van der Waals surface area contributed by atoms with E-state index >= 15 is 0 Å². The second-order valence-corrected chi connectivity index (χ2v) is 5.64. The van der Waals surface area contributed by atoms with Crippen LogP contribution in [0.15, 0.2) is 36.4 Å². The molecule has 1 heterocycles. The minimum Gasteiger partial charge on any atom is -0.496 e. The van der Waals surface area contributed by atoms with E-state index in [9.17, 15) is 9.59 Å². The minimum atomic E-state index is -1.04. The molecule has 1 N–H and O–H groups in total. The summed E-state index contributed by atoms with van der Waals surface area (Å²) in [7, 11) is 2.86. The Morgan fingerprint density at radius 1 is 1.04 bits per heavy atom. The average molecular weight is 373 g/mol. The van der Waals surface area contributed by atoms with E-state index in [0.717, 1.165) is 0 Å². The standard InChI is InChI=1S/C19H19NO7/c1-11(18(21)20-12-7-8-13-16(9-12)26-10-25-13)27-19(22)17-14(23-2)5-4-6-15(17)24-3/h4-9,11H,10H2,1-3H3,(H,20,21)/t11-/m1/s1. The fraction of sp³-hybridized carbons (Fsp3) is 0.263. The second kappa shape index (κ2) is 7.86. The van der Waals surface area contributed by atoms with Gasteiger partial charge in [-0.1, -0.05) is 6.07 Å². The highest BCUT2D eigenvalue weighted by molar-refractivity contribution is 5.99. The predicted octanol–water partition coefficient (Wildman–Crippen LogP) is 2.62. The summed E-state index contributed by atoms with van der Waals surface area (Å²) in [5, 5.41) is 2.67. The van der Waals surface area contributed by atoms with Crippen LogP contribution in [0.1, 0.15) is 17.3 Å². The van der Waals surface area contributed by atoms with E-state index < -0.39 is 18.0 Å². The molecule has 0 unspecified atom stereocenters. The fourth-order valence-electron chi connectivity index (χ4n) is 2.54. The largest absolute Gasteiger partial charge is 0.496 e. The molecule has 8 heteroatoms. The van der Waals surface area contributed by atoms with Crippen LogP contribution in [0.5, 0.6) is 23.0 Å². The molecule has 142 valence electrons. The first-order chi connectivity index (χ1) is 13.0. The number of hydrogen-bond acceptors (Lipinski definition) is 7. The average Bonchev–Trinajstić information content (AvgIpc) is 3.14. The first-order valence-electron chi connectivity index (χ1n) is 8.16. The summed E-state index contributed by atoms with van der Waals surface area (Å²) < 4.78 is 26.1. The number of rotatable bonds is 6. The number of methoxy groups -OCH3 is 2. The number of hydrogen-bond donors (Lipinski definition) is 1. The van der Waals surface area contributed by atoms with Gasteiger partial charge >= 0.3 is 5.97 Å². The van der Waals surface area contributed by atoms with E-state index in [4.69, 9.17) is 23.7 Å². The molecule has 0 spiro atoms. The molecule has 0 aromatic heterocycles. The molecule has 2 aromatic carbocycles. The van der Waals surface area contributed by atoms with Crippen LogP contribution in [0.25, 0.3) is 0 Å². The topological polar surface area (TPSA) is 92.3 Å². The molecule has 0 saturated carbocycles. The van der Waals surface area contributed by atoms with Gasteiger partial charge in [0.1, 0.15) is 17.1 Å². The smallest absolute Gasteiger partial charge is 0.346 e. The van der Waals surface area contributed by atoms with E-state index in [1.807, 2.05) is 0 Å². The highest BCUT2D eigenvalue weighted by atomic mass is 16.7. The van der Waals surface area contributed by atoms with E-state index in [-0.39, 0.29) is 12.4 Å². The van der Waals surface area contributed by atoms with Gasteiger partial charge in [0.05, 0.1) is 14.2 Å². The van der Waals surface area contributed by atoms with Crippen molar-refractivity contribution in [1.82, 2.24) is 0 Å². The van der Waals surface area contributed by atoms with Crippen LogP contribution in [-0.4, -0.2) is 39.0 Å². The Kier molecular flexibility index (Phi) is 5.35. The molecule has 0 fully saturated rings. The third-order valence-corrected chi connectivity index (χ3v) is 3.93. The van der Waals surface area contributed by atoms with Crippen LogP contribution < -0.4 is 24.3 Å². The lowest BCUT2D eigenvalue weighted by Crippen LogP contribution is -2.30. The van der Waals surface area contributed by atoms with Crippen molar-refractivity contribution in [2.45, 2.75) is 13.0 Å². The summed E-state index contributed by atoms with van der Waals surface area (Å²) in [6, 6.07) is 9.90. The molecule has 1 amide bonds. The maximum absolute atomic E-state index is 12.5. The Morgan fingerprint density at radius 2 is 1.70 bits per heavy atom.